The second kappa shape index (κ2) is 26.8. The average Bonchev–Trinajstić information content (AvgIpc) is 4.17. The predicted octanol–water partition coefficient (Wildman–Crippen LogP) is 8.12. The van der Waals surface area contributed by atoms with Crippen molar-refractivity contribution in [2.24, 2.45) is 5.41 Å². The molecule has 4 fully saturated rings. The number of nitrogens with one attached hydrogen (secondary N) is 2. The maximum atomic E-state index is 14.1. The molecule has 9 rings (SSSR count). The number of aromatic nitrogens is 3. The number of fused-ring (bicyclic) bond motifs is 2. The largest absolute Gasteiger partial charge is 0.507 e. The molecule has 81 heavy (non-hydrogen) atoms. The molecule has 2 bridgehead atoms. The number of hydrogen-bond donors (Lipinski definition) is 5. The van der Waals surface area contributed by atoms with Crippen molar-refractivity contribution in [3.05, 3.63) is 95.6 Å². The van der Waals surface area contributed by atoms with Gasteiger partial charge in [-0.3, -0.25) is 24.1 Å². The molecule has 18 nitrogen and oxygen atoms in total. The third-order valence-electron chi connectivity index (χ3n) is 16.7. The van der Waals surface area contributed by atoms with Crippen LogP contribution in [0.4, 0.5) is 17.2 Å². The van der Waals surface area contributed by atoms with Crippen molar-refractivity contribution in [3.8, 4) is 33.2 Å². The van der Waals surface area contributed by atoms with Gasteiger partial charge in [-0.15, -0.1) is 21.5 Å². The number of rotatable bonds is 23. The number of hydrogen-bond acceptors (Lipinski definition) is 15. The number of aliphatic hydroxyl groups is 1. The first-order chi connectivity index (χ1) is 39.0. The minimum Gasteiger partial charge on any atom is -0.507 e. The zero-order valence-corrected chi connectivity index (χ0v) is 48.7. The lowest BCUT2D eigenvalue weighted by molar-refractivity contribution is -0.144. The number of unbranched alkanes of at least 4 members (excludes halogenated alkanes) is 6. The minimum atomic E-state index is -0.864. The highest BCUT2D eigenvalue weighted by atomic mass is 32.1. The summed E-state index contributed by atoms with van der Waals surface area (Å²) in [6, 6.07) is 24.1. The van der Waals surface area contributed by atoms with E-state index in [0.29, 0.717) is 55.0 Å². The molecule has 19 heteroatoms. The van der Waals surface area contributed by atoms with Crippen LogP contribution >= 0.6 is 11.3 Å². The van der Waals surface area contributed by atoms with Gasteiger partial charge in [0.15, 0.2) is 5.82 Å². The molecule has 4 saturated heterocycles. The summed E-state index contributed by atoms with van der Waals surface area (Å²) < 4.78 is 6.32. The van der Waals surface area contributed by atoms with E-state index in [1.54, 1.807) is 23.5 Å². The summed E-state index contributed by atoms with van der Waals surface area (Å²) in [6.07, 6.45) is 8.80. The molecule has 6 heterocycles. The Kier molecular flexibility index (Phi) is 19.5. The zero-order chi connectivity index (χ0) is 57.2. The highest BCUT2D eigenvalue weighted by molar-refractivity contribution is 7.13. The summed E-state index contributed by atoms with van der Waals surface area (Å²) in [5.74, 6) is 0.724. The molecular weight excluding hydrogens is 1040 g/mol. The van der Waals surface area contributed by atoms with Gasteiger partial charge in [-0.1, -0.05) is 95.3 Å². The normalized spacial score (nSPS) is 20.1. The van der Waals surface area contributed by atoms with E-state index in [2.05, 4.69) is 58.7 Å². The van der Waals surface area contributed by atoms with Crippen LogP contribution in [0.3, 0.4) is 0 Å². The summed E-state index contributed by atoms with van der Waals surface area (Å²) in [6.45, 7) is 15.7. The van der Waals surface area contributed by atoms with E-state index in [1.807, 2.05) is 93.6 Å². The van der Waals surface area contributed by atoms with E-state index < -0.39 is 23.6 Å². The Morgan fingerprint density at radius 2 is 1.52 bits per heavy atom. The van der Waals surface area contributed by atoms with Gasteiger partial charge in [-0.05, 0) is 86.4 Å². The first-order valence-corrected chi connectivity index (χ1v) is 30.1. The number of thiazole rings is 1. The van der Waals surface area contributed by atoms with E-state index in [1.165, 1.54) is 4.90 Å². The number of carbonyl (C=O) groups excluding carboxylic acids is 4. The molecule has 0 aliphatic carbocycles. The fourth-order valence-electron chi connectivity index (χ4n) is 12.1. The number of piperazine rings is 2. The molecule has 6 N–H and O–H groups in total. The number of ether oxygens (including phenoxy) is 1. The van der Waals surface area contributed by atoms with Crippen molar-refractivity contribution in [1.29, 1.82) is 0 Å². The number of aromatic hydroxyl groups is 1. The van der Waals surface area contributed by atoms with Crippen molar-refractivity contribution in [2.45, 2.75) is 148 Å². The highest BCUT2D eigenvalue weighted by Gasteiger charge is 2.45. The number of carbonyl (C=O) groups is 4. The monoisotopic (exact) mass is 1130 g/mol. The molecule has 4 aliphatic heterocycles. The van der Waals surface area contributed by atoms with Crippen LogP contribution in [0.15, 0.2) is 84.4 Å². The molecule has 0 radical (unpaired) electrons. The molecule has 4 amide bonds. The van der Waals surface area contributed by atoms with Gasteiger partial charge in [0.2, 0.25) is 23.6 Å². The average molecular weight is 1130 g/mol. The number of anilines is 3. The van der Waals surface area contributed by atoms with Gasteiger partial charge < -0.3 is 50.9 Å². The first-order valence-electron chi connectivity index (χ1n) is 29.3. The second-order valence-corrected chi connectivity index (χ2v) is 24.5. The number of β-amino-alcohol motifs (C(OH)–C–C–N with tert-alkyl or cyclic N) is 1. The number of nitrogens with zero attached hydrogens (tertiary/aromatic N) is 8. The topological polar surface area (TPSA) is 223 Å². The van der Waals surface area contributed by atoms with E-state index in [9.17, 15) is 29.4 Å². The Morgan fingerprint density at radius 3 is 2.20 bits per heavy atom. The van der Waals surface area contributed by atoms with Crippen LogP contribution < -0.4 is 30.9 Å². The predicted molar refractivity (Wildman–Crippen MR) is 318 cm³/mol. The third kappa shape index (κ3) is 14.8. The highest BCUT2D eigenvalue weighted by Crippen LogP contribution is 2.40. The summed E-state index contributed by atoms with van der Waals surface area (Å²) in [5, 5.41) is 35.7. The van der Waals surface area contributed by atoms with Crippen LogP contribution in [0.1, 0.15) is 122 Å². The van der Waals surface area contributed by atoms with Crippen molar-refractivity contribution in [2.75, 3.05) is 74.5 Å². The fraction of sp³-hybridized carbons (Fsp3) is 0.532. The summed E-state index contributed by atoms with van der Waals surface area (Å²) in [4.78, 5) is 70.4. The Morgan fingerprint density at radius 1 is 0.827 bits per heavy atom. The first kappa shape index (κ1) is 58.8. The van der Waals surface area contributed by atoms with Gasteiger partial charge in [0.05, 0.1) is 39.6 Å². The van der Waals surface area contributed by atoms with E-state index in [0.717, 1.165) is 136 Å². The maximum Gasteiger partial charge on any atom is 0.246 e. The molecule has 0 saturated carbocycles. The Balaban J connectivity index is 0.622. The lowest BCUT2D eigenvalue weighted by Crippen LogP contribution is -2.57. The standard InChI is InChI=1S/C62H83N11O7S/c1-41(43-22-24-44(25-23-43)57-42(2)64-40-81-57)65-60(78)53-35-48(74)39-72(53)61(79)58(62(3,4)5)66-55(76)20-11-9-7-6-8-10-12-21-56(77)70-30-28-69(29-31-70)32-33-80-49-17-15-16-45(34-49)73-46-26-27-47(73)38-71(37-46)52-36-51(67-68-59(52)63)50-18-13-14-19-54(50)75/h13-19,22-25,34,36,40-41,46-48,53,58,74-75H,6-12,20-21,26-33,35,37-39H2,1-5H3,(H2,63,68)(H,65,78)(H,66,76)/t41?,46?,47?,48-,53+,58?/m1/s1. The van der Waals surface area contributed by atoms with Crippen LogP contribution in [-0.2, 0) is 19.2 Å². The summed E-state index contributed by atoms with van der Waals surface area (Å²) in [5.41, 5.74) is 13.8. The van der Waals surface area contributed by atoms with Crippen molar-refractivity contribution < 1.29 is 34.1 Å². The molecule has 0 spiro atoms. The molecule has 3 aromatic carbocycles. The summed E-state index contributed by atoms with van der Waals surface area (Å²) >= 11 is 1.58. The van der Waals surface area contributed by atoms with Gasteiger partial charge >= 0.3 is 0 Å². The lowest BCUT2D eigenvalue weighted by Gasteiger charge is -2.43. The fourth-order valence-corrected chi connectivity index (χ4v) is 12.9. The number of amides is 4. The van der Waals surface area contributed by atoms with E-state index in [-0.39, 0.29) is 48.4 Å². The van der Waals surface area contributed by atoms with Crippen LogP contribution in [0, 0.1) is 12.3 Å². The number of nitrogen functional groups attached to an aromatic ring is 1. The van der Waals surface area contributed by atoms with Gasteiger partial charge in [0, 0.05) is 101 Å². The van der Waals surface area contributed by atoms with Crippen molar-refractivity contribution in [3.63, 3.8) is 0 Å². The lowest BCUT2D eigenvalue weighted by atomic mass is 9.85. The quantitative estimate of drug-likeness (QED) is 0.0390. The van der Waals surface area contributed by atoms with Gasteiger partial charge in [-0.25, -0.2) is 4.98 Å². The third-order valence-corrected chi connectivity index (χ3v) is 17.7. The Bertz CT molecular complexity index is 2930. The number of para-hydroxylation sites is 1. The number of aliphatic hydroxyl groups excluding tert-OH is 1. The van der Waals surface area contributed by atoms with E-state index >= 15 is 0 Å². The summed E-state index contributed by atoms with van der Waals surface area (Å²) in [7, 11) is 0. The van der Waals surface area contributed by atoms with Crippen LogP contribution in [0.2, 0.25) is 0 Å². The number of benzene rings is 3. The Labute approximate surface area is 481 Å². The number of aryl methyl sites for hydroxylation is 1. The molecule has 2 aromatic heterocycles. The van der Waals surface area contributed by atoms with Crippen molar-refractivity contribution in [1.82, 2.24) is 40.5 Å². The minimum absolute atomic E-state index is 0.0241. The van der Waals surface area contributed by atoms with Gasteiger partial charge in [0.25, 0.3) is 0 Å². The molecule has 434 valence electrons. The van der Waals surface area contributed by atoms with Crippen LogP contribution in [0.5, 0.6) is 11.5 Å². The molecule has 4 aliphatic rings. The number of nitrogens with two attached hydrogens (primary N) is 1. The number of likely N-dealkylation sites (tertiary alicyclic amines) is 1. The molecular formula is C62H83N11O7S. The van der Waals surface area contributed by atoms with E-state index in [4.69, 9.17) is 10.5 Å². The molecule has 6 atom stereocenters. The molecule has 5 aromatic rings. The SMILES string of the molecule is Cc1ncsc1-c1ccc(C(C)NC(=O)[C@@H]2C[C@@H](O)CN2C(=O)C(NC(=O)CCCCCCCCCC(=O)N2CCN(CCOc3cccc(N4C5CCC4CN(c4cc(-c6ccccc6O)nnc4N)C5)c3)CC2)C(C)(C)C)cc1. The number of phenols is 1. The van der Waals surface area contributed by atoms with Gasteiger partial charge in [0.1, 0.15) is 30.2 Å². The van der Waals surface area contributed by atoms with Crippen LogP contribution in [-0.4, -0.2) is 153 Å². The van der Waals surface area contributed by atoms with Gasteiger partial charge in [-0.2, -0.15) is 0 Å². The zero-order valence-electron chi connectivity index (χ0n) is 47.9. The Hall–Kier alpha value is -6.83. The number of phenolic OH excluding ortho intramolecular Hbond substituents is 1. The van der Waals surface area contributed by atoms with Crippen molar-refractivity contribution >= 4 is 52.2 Å². The smallest absolute Gasteiger partial charge is 0.246 e. The van der Waals surface area contributed by atoms with Crippen LogP contribution in [0.25, 0.3) is 21.7 Å². The maximum absolute atomic E-state index is 14.1. The molecule has 4 unspecified atom stereocenters. The second-order valence-electron chi connectivity index (χ2n) is 23.6.